The highest BCUT2D eigenvalue weighted by molar-refractivity contribution is 7.99. The molecule has 0 radical (unpaired) electrons. The van der Waals surface area contributed by atoms with E-state index in [1.807, 2.05) is 30.3 Å². The molecular formula is C40H47ClF3N5O3S. The Kier molecular flexibility index (Phi) is 14.2. The second-order valence-electron chi connectivity index (χ2n) is 13.6. The Morgan fingerprint density at radius 2 is 1.62 bits per heavy atom. The number of amides is 2. The maximum Gasteiger partial charge on any atom is 0.417 e. The van der Waals surface area contributed by atoms with Crippen molar-refractivity contribution < 1.29 is 27.6 Å². The third kappa shape index (κ3) is 10.3. The van der Waals surface area contributed by atoms with E-state index in [4.69, 9.17) is 23.1 Å². The number of nitrogens with one attached hydrogen (secondary N) is 2. The molecule has 3 atom stereocenters. The van der Waals surface area contributed by atoms with E-state index in [2.05, 4.69) is 10.6 Å². The normalized spacial score (nSPS) is 20.3. The lowest BCUT2D eigenvalue weighted by Gasteiger charge is -2.32. The van der Waals surface area contributed by atoms with Crippen LogP contribution in [0.4, 0.5) is 13.2 Å². The average Bonchev–Trinajstić information content (AvgIpc) is 3.55. The number of benzene rings is 3. The standard InChI is InChI=1S/C40H47ClF3N5O3S/c1-49-34(20-26-16-15-25-9-2-4-12-31(25)26)38(51)48-24-29-19-30(41)22-32(40(42,43)44)37(29)53-36-14-5-3-11-28(36)23-47-33(13-8-18-46)35(50)21-27(39(49)52)10-6-7-17-45/h2-5,9,11-12,14,16,19,22,27,33-34,47H,6-8,10,13,15,17-18,20-21,23-24,45-46H2,1H3,(H,48,51)/t27-,33+,34+/m1/s1. The zero-order chi connectivity index (χ0) is 38.1. The van der Waals surface area contributed by atoms with Crippen LogP contribution in [0.15, 0.2) is 76.5 Å². The summed E-state index contributed by atoms with van der Waals surface area (Å²) in [5.74, 6) is -1.77. The largest absolute Gasteiger partial charge is 0.417 e. The van der Waals surface area contributed by atoms with E-state index in [1.54, 1.807) is 31.3 Å². The SMILES string of the molecule is CN1C(=O)[C@H](CCCCN)CC(=O)[C@H](CCCN)NCc2ccccc2Sc2c(cc(Cl)cc2C(F)(F)F)CNC(=O)[C@@H]1CC1=CCc2ccccc21. The number of fused-ring (bicyclic) bond motifs is 3. The van der Waals surface area contributed by atoms with E-state index >= 15 is 0 Å². The molecule has 2 amide bonds. The smallest absolute Gasteiger partial charge is 0.350 e. The van der Waals surface area contributed by atoms with Crippen molar-refractivity contribution in [2.45, 2.75) is 92.5 Å². The molecule has 1 aliphatic heterocycles. The number of allylic oxidation sites excluding steroid dienone is 1. The third-order valence-corrected chi connectivity index (χ3v) is 11.5. The topological polar surface area (TPSA) is 131 Å². The predicted molar refractivity (Wildman–Crippen MR) is 203 cm³/mol. The Labute approximate surface area is 318 Å². The molecule has 53 heavy (non-hydrogen) atoms. The maximum atomic E-state index is 14.6. The fourth-order valence-electron chi connectivity index (χ4n) is 7.04. The number of unbranched alkanes of at least 4 members (excludes halogenated alkanes) is 1. The molecule has 1 heterocycles. The summed E-state index contributed by atoms with van der Waals surface area (Å²) in [6, 6.07) is 15.5. The van der Waals surface area contributed by atoms with Crippen LogP contribution in [0.2, 0.25) is 5.02 Å². The molecule has 0 fully saturated rings. The first-order chi connectivity index (χ1) is 25.4. The zero-order valence-electron chi connectivity index (χ0n) is 29.8. The van der Waals surface area contributed by atoms with Gasteiger partial charge in [0.05, 0.1) is 11.6 Å². The number of ketones is 1. The van der Waals surface area contributed by atoms with E-state index in [0.29, 0.717) is 62.1 Å². The Bertz CT molecular complexity index is 1820. The van der Waals surface area contributed by atoms with Gasteiger partial charge in [0.25, 0.3) is 0 Å². The van der Waals surface area contributed by atoms with Crippen molar-refractivity contribution in [2.24, 2.45) is 17.4 Å². The molecular weight excluding hydrogens is 723 g/mol. The van der Waals surface area contributed by atoms with Crippen molar-refractivity contribution in [3.63, 3.8) is 0 Å². The lowest BCUT2D eigenvalue weighted by molar-refractivity contribution is -0.143. The average molecular weight is 770 g/mol. The van der Waals surface area contributed by atoms with E-state index in [0.717, 1.165) is 34.5 Å². The Balaban J connectivity index is 1.60. The van der Waals surface area contributed by atoms with Crippen LogP contribution in [0.5, 0.6) is 0 Å². The second kappa shape index (κ2) is 18.6. The van der Waals surface area contributed by atoms with Crippen LogP contribution in [0, 0.1) is 5.92 Å². The summed E-state index contributed by atoms with van der Waals surface area (Å²) < 4.78 is 43.9. The van der Waals surface area contributed by atoms with Gasteiger partial charge in [-0.25, -0.2) is 0 Å². The first-order valence-electron chi connectivity index (χ1n) is 18.0. The summed E-state index contributed by atoms with van der Waals surface area (Å²) in [5, 5.41) is 6.08. The Morgan fingerprint density at radius 3 is 2.36 bits per heavy atom. The number of hydrogen-bond donors (Lipinski definition) is 4. The lowest BCUT2D eigenvalue weighted by atomic mass is 9.90. The highest BCUT2D eigenvalue weighted by Gasteiger charge is 2.37. The van der Waals surface area contributed by atoms with Crippen LogP contribution in [0.3, 0.4) is 0 Å². The van der Waals surface area contributed by atoms with E-state index in [-0.39, 0.29) is 53.1 Å². The minimum absolute atomic E-state index is 0.0505. The van der Waals surface area contributed by atoms with E-state index in [9.17, 15) is 27.6 Å². The van der Waals surface area contributed by atoms with Crippen LogP contribution in [-0.2, 0) is 40.1 Å². The third-order valence-electron chi connectivity index (χ3n) is 9.96. The number of likely N-dealkylation sites (N-methyl/N-ethyl adjacent to an activating group) is 1. The Hall–Kier alpha value is -3.68. The number of nitrogens with zero attached hydrogens (tertiary/aromatic N) is 1. The number of halogens is 4. The van der Waals surface area contributed by atoms with Gasteiger partial charge in [0, 0.05) is 53.7 Å². The van der Waals surface area contributed by atoms with Gasteiger partial charge in [-0.3, -0.25) is 14.4 Å². The fourth-order valence-corrected chi connectivity index (χ4v) is 8.47. The van der Waals surface area contributed by atoms with Crippen LogP contribution in [0.25, 0.3) is 5.57 Å². The highest BCUT2D eigenvalue weighted by atomic mass is 35.5. The highest BCUT2D eigenvalue weighted by Crippen LogP contribution is 2.44. The molecule has 1 aliphatic carbocycles. The molecule has 13 heteroatoms. The quantitative estimate of drug-likeness (QED) is 0.174. The van der Waals surface area contributed by atoms with Gasteiger partial charge in [0.15, 0.2) is 5.78 Å². The molecule has 0 saturated carbocycles. The predicted octanol–water partition coefficient (Wildman–Crippen LogP) is 6.90. The van der Waals surface area contributed by atoms with Gasteiger partial charge in [-0.15, -0.1) is 0 Å². The molecule has 2 aliphatic rings. The number of Topliss-reactive ketones (excluding diaryl/α,β-unsaturated/α-hetero) is 1. The fraction of sp³-hybridized carbons (Fsp3) is 0.425. The summed E-state index contributed by atoms with van der Waals surface area (Å²) in [4.78, 5) is 44.7. The summed E-state index contributed by atoms with van der Waals surface area (Å²) in [6.45, 7) is 0.715. The van der Waals surface area contributed by atoms with Gasteiger partial charge >= 0.3 is 6.18 Å². The van der Waals surface area contributed by atoms with Crippen molar-refractivity contribution in [1.29, 1.82) is 0 Å². The molecule has 6 N–H and O–H groups in total. The number of nitrogens with two attached hydrogens (primary N) is 2. The number of rotatable bonds is 9. The number of carbonyl (C=O) groups is 3. The molecule has 3 aromatic rings. The van der Waals surface area contributed by atoms with Gasteiger partial charge in [0.2, 0.25) is 11.8 Å². The summed E-state index contributed by atoms with van der Waals surface area (Å²) in [5.41, 5.74) is 14.6. The molecule has 3 aromatic carbocycles. The lowest BCUT2D eigenvalue weighted by Crippen LogP contribution is -2.50. The molecule has 0 bridgehead atoms. The van der Waals surface area contributed by atoms with Gasteiger partial charge in [-0.05, 0) is 91.2 Å². The number of hydrogen-bond acceptors (Lipinski definition) is 7. The molecule has 284 valence electrons. The molecule has 0 spiro atoms. The van der Waals surface area contributed by atoms with E-state index < -0.39 is 35.6 Å². The van der Waals surface area contributed by atoms with Gasteiger partial charge in [0.1, 0.15) is 6.04 Å². The van der Waals surface area contributed by atoms with Crippen molar-refractivity contribution in [2.75, 3.05) is 20.1 Å². The summed E-state index contributed by atoms with van der Waals surface area (Å²) >= 11 is 7.22. The monoisotopic (exact) mass is 769 g/mol. The first kappa shape index (κ1) is 40.5. The maximum absolute atomic E-state index is 14.6. The van der Waals surface area contributed by atoms with Crippen LogP contribution in [0.1, 0.15) is 72.8 Å². The minimum Gasteiger partial charge on any atom is -0.350 e. The van der Waals surface area contributed by atoms with Gasteiger partial charge in [-0.1, -0.05) is 78.3 Å². The van der Waals surface area contributed by atoms with Crippen molar-refractivity contribution in [3.8, 4) is 0 Å². The minimum atomic E-state index is -4.74. The molecule has 0 saturated heterocycles. The summed E-state index contributed by atoms with van der Waals surface area (Å²) in [6.07, 6.45) is 0.751. The first-order valence-corrected chi connectivity index (χ1v) is 19.2. The van der Waals surface area contributed by atoms with Crippen molar-refractivity contribution in [3.05, 3.63) is 99.6 Å². The number of carbonyl (C=O) groups excluding carboxylic acids is 3. The second-order valence-corrected chi connectivity index (χ2v) is 15.1. The molecule has 8 nitrogen and oxygen atoms in total. The van der Waals surface area contributed by atoms with Gasteiger partial charge in [-0.2, -0.15) is 13.2 Å². The van der Waals surface area contributed by atoms with Crippen LogP contribution >= 0.6 is 23.4 Å². The molecule has 5 rings (SSSR count). The molecule has 0 unspecified atom stereocenters. The van der Waals surface area contributed by atoms with Crippen molar-refractivity contribution >= 4 is 46.5 Å². The number of alkyl halides is 3. The molecule has 0 aromatic heterocycles. The van der Waals surface area contributed by atoms with Crippen LogP contribution in [-0.4, -0.2) is 54.7 Å². The Morgan fingerprint density at radius 1 is 0.906 bits per heavy atom. The summed E-state index contributed by atoms with van der Waals surface area (Å²) in [7, 11) is 1.56. The van der Waals surface area contributed by atoms with Crippen LogP contribution < -0.4 is 22.1 Å². The van der Waals surface area contributed by atoms with Crippen molar-refractivity contribution in [1.82, 2.24) is 15.5 Å². The van der Waals surface area contributed by atoms with E-state index in [1.165, 1.54) is 11.0 Å². The zero-order valence-corrected chi connectivity index (χ0v) is 31.4. The van der Waals surface area contributed by atoms with Gasteiger partial charge < -0.3 is 27.0 Å².